The van der Waals surface area contributed by atoms with Crippen molar-refractivity contribution < 1.29 is 13.2 Å². The number of amides is 1. The van der Waals surface area contributed by atoms with E-state index >= 15 is 0 Å². The second-order valence-corrected chi connectivity index (χ2v) is 10.3. The number of sulfone groups is 1. The molecule has 7 heteroatoms. The normalized spacial score (nSPS) is 13.2. The van der Waals surface area contributed by atoms with E-state index in [1.165, 1.54) is 11.3 Å². The van der Waals surface area contributed by atoms with Gasteiger partial charge in [-0.2, -0.15) is 0 Å². The standard InChI is InChI=1S/C23H21BrN2O3S/c24-19-6-3-4-17(14-19)15-30(28,29)16-23(27)25-20-8-10-21(11-9-20)26-13-12-18-5-1-2-7-22(18)26/h1-11,14H,12-13,15-16H2,(H,25,27). The third-order valence-corrected chi connectivity index (χ3v) is 6.94. The van der Waals surface area contributed by atoms with Crippen LogP contribution in [-0.2, 0) is 26.8 Å². The van der Waals surface area contributed by atoms with E-state index in [2.05, 4.69) is 38.3 Å². The Bertz CT molecular complexity index is 1180. The second-order valence-electron chi connectivity index (χ2n) is 7.29. The number of halogens is 1. The van der Waals surface area contributed by atoms with Crippen molar-refractivity contribution in [3.63, 3.8) is 0 Å². The number of carbonyl (C=O) groups is 1. The third-order valence-electron chi connectivity index (χ3n) is 4.98. The Balaban J connectivity index is 1.38. The van der Waals surface area contributed by atoms with Gasteiger partial charge in [-0.15, -0.1) is 0 Å². The number of rotatable bonds is 6. The van der Waals surface area contributed by atoms with Crippen LogP contribution in [0.1, 0.15) is 11.1 Å². The van der Waals surface area contributed by atoms with Gasteiger partial charge in [0.05, 0.1) is 5.75 Å². The lowest BCUT2D eigenvalue weighted by atomic mass is 10.2. The van der Waals surface area contributed by atoms with E-state index in [0.717, 1.165) is 23.1 Å². The molecule has 0 atom stereocenters. The van der Waals surface area contributed by atoms with E-state index in [0.29, 0.717) is 11.3 Å². The van der Waals surface area contributed by atoms with Crippen LogP contribution in [-0.4, -0.2) is 26.6 Å². The Labute approximate surface area is 184 Å². The summed E-state index contributed by atoms with van der Waals surface area (Å²) in [7, 11) is -3.57. The van der Waals surface area contributed by atoms with Crippen molar-refractivity contribution in [2.75, 3.05) is 22.5 Å². The summed E-state index contributed by atoms with van der Waals surface area (Å²) in [6, 6.07) is 22.9. The average Bonchev–Trinajstić information content (AvgIpc) is 3.12. The predicted molar refractivity (Wildman–Crippen MR) is 124 cm³/mol. The zero-order chi connectivity index (χ0) is 21.1. The van der Waals surface area contributed by atoms with Crippen molar-refractivity contribution in [2.24, 2.45) is 0 Å². The summed E-state index contributed by atoms with van der Waals surface area (Å²) in [5, 5.41) is 2.69. The lowest BCUT2D eigenvalue weighted by molar-refractivity contribution is -0.113. The number of anilines is 3. The zero-order valence-electron chi connectivity index (χ0n) is 16.2. The quantitative estimate of drug-likeness (QED) is 0.550. The highest BCUT2D eigenvalue weighted by molar-refractivity contribution is 9.10. The smallest absolute Gasteiger partial charge is 0.239 e. The van der Waals surface area contributed by atoms with Crippen molar-refractivity contribution >= 4 is 48.7 Å². The minimum atomic E-state index is -3.57. The van der Waals surface area contributed by atoms with Crippen LogP contribution < -0.4 is 10.2 Å². The molecule has 0 saturated carbocycles. The number of fused-ring (bicyclic) bond motifs is 1. The fourth-order valence-corrected chi connectivity index (χ4v) is 5.37. The summed E-state index contributed by atoms with van der Waals surface area (Å²) in [5.41, 5.74) is 4.79. The molecule has 1 heterocycles. The van der Waals surface area contributed by atoms with Crippen LogP contribution in [0.25, 0.3) is 0 Å². The van der Waals surface area contributed by atoms with Crippen LogP contribution in [0.4, 0.5) is 17.1 Å². The van der Waals surface area contributed by atoms with Gasteiger partial charge in [-0.05, 0) is 60.0 Å². The Morgan fingerprint density at radius 3 is 2.53 bits per heavy atom. The number of para-hydroxylation sites is 1. The molecule has 0 unspecified atom stereocenters. The number of nitrogens with zero attached hydrogens (tertiary/aromatic N) is 1. The van der Waals surface area contributed by atoms with Gasteiger partial charge in [-0.1, -0.05) is 46.3 Å². The first-order chi connectivity index (χ1) is 14.4. The van der Waals surface area contributed by atoms with E-state index in [1.54, 1.807) is 30.3 Å². The van der Waals surface area contributed by atoms with Crippen molar-refractivity contribution in [2.45, 2.75) is 12.2 Å². The van der Waals surface area contributed by atoms with Crippen molar-refractivity contribution in [1.82, 2.24) is 0 Å². The van der Waals surface area contributed by atoms with Crippen molar-refractivity contribution in [1.29, 1.82) is 0 Å². The molecule has 0 radical (unpaired) electrons. The van der Waals surface area contributed by atoms with Crippen LogP contribution >= 0.6 is 15.9 Å². The Morgan fingerprint density at radius 2 is 1.77 bits per heavy atom. The van der Waals surface area contributed by atoms with Crippen molar-refractivity contribution in [3.8, 4) is 0 Å². The fraction of sp³-hybridized carbons (Fsp3) is 0.174. The van der Waals surface area contributed by atoms with Crippen LogP contribution in [0.3, 0.4) is 0 Å². The first kappa shape index (κ1) is 20.6. The summed E-state index contributed by atoms with van der Waals surface area (Å²) in [6.45, 7) is 0.916. The largest absolute Gasteiger partial charge is 0.341 e. The van der Waals surface area contributed by atoms with Gasteiger partial charge < -0.3 is 10.2 Å². The average molecular weight is 485 g/mol. The Kier molecular flexibility index (Phi) is 5.92. The van der Waals surface area contributed by atoms with Crippen LogP contribution in [0.2, 0.25) is 0 Å². The van der Waals surface area contributed by atoms with Gasteiger partial charge in [0.15, 0.2) is 9.84 Å². The zero-order valence-corrected chi connectivity index (χ0v) is 18.6. The monoisotopic (exact) mass is 484 g/mol. The molecule has 0 aliphatic carbocycles. The van der Waals surface area contributed by atoms with E-state index in [4.69, 9.17) is 0 Å². The maximum absolute atomic E-state index is 12.4. The van der Waals surface area contributed by atoms with Crippen LogP contribution in [0.5, 0.6) is 0 Å². The maximum Gasteiger partial charge on any atom is 0.239 e. The summed E-state index contributed by atoms with van der Waals surface area (Å²) in [4.78, 5) is 14.5. The fourth-order valence-electron chi connectivity index (χ4n) is 3.66. The number of hydrogen-bond acceptors (Lipinski definition) is 4. The number of nitrogens with one attached hydrogen (secondary N) is 1. The van der Waals surface area contributed by atoms with Gasteiger partial charge in [0.2, 0.25) is 5.91 Å². The third kappa shape index (κ3) is 4.91. The van der Waals surface area contributed by atoms with E-state index in [1.807, 2.05) is 30.3 Å². The maximum atomic E-state index is 12.4. The molecule has 154 valence electrons. The summed E-state index contributed by atoms with van der Waals surface area (Å²) < 4.78 is 25.6. The SMILES string of the molecule is O=C(CS(=O)(=O)Cc1cccc(Br)c1)Nc1ccc(N2CCc3ccccc32)cc1. The molecule has 1 amide bonds. The predicted octanol–water partition coefficient (Wildman–Crippen LogP) is 4.70. The Hall–Kier alpha value is -2.64. The first-order valence-corrected chi connectivity index (χ1v) is 12.2. The van der Waals surface area contributed by atoms with Crippen molar-refractivity contribution in [3.05, 3.63) is 88.4 Å². The lowest BCUT2D eigenvalue weighted by Crippen LogP contribution is -2.24. The van der Waals surface area contributed by atoms with Gasteiger partial charge in [0.1, 0.15) is 5.75 Å². The van der Waals surface area contributed by atoms with Gasteiger partial charge >= 0.3 is 0 Å². The molecule has 5 nitrogen and oxygen atoms in total. The topological polar surface area (TPSA) is 66.5 Å². The molecule has 1 aliphatic rings. The molecule has 1 N–H and O–H groups in total. The number of carbonyl (C=O) groups excluding carboxylic acids is 1. The highest BCUT2D eigenvalue weighted by atomic mass is 79.9. The minimum absolute atomic E-state index is 0.173. The summed E-state index contributed by atoms with van der Waals surface area (Å²) in [5.74, 6) is -1.27. The summed E-state index contributed by atoms with van der Waals surface area (Å²) >= 11 is 3.33. The van der Waals surface area contributed by atoms with Crippen LogP contribution in [0, 0.1) is 0 Å². The molecule has 0 spiro atoms. The van der Waals surface area contributed by atoms with Gasteiger partial charge in [-0.3, -0.25) is 4.79 Å². The number of hydrogen-bond donors (Lipinski definition) is 1. The van der Waals surface area contributed by atoms with E-state index < -0.39 is 21.5 Å². The molecule has 30 heavy (non-hydrogen) atoms. The number of benzene rings is 3. The molecule has 0 saturated heterocycles. The Morgan fingerprint density at radius 1 is 1.00 bits per heavy atom. The van der Waals surface area contributed by atoms with Gasteiger partial charge in [-0.25, -0.2) is 8.42 Å². The molecule has 0 bridgehead atoms. The van der Waals surface area contributed by atoms with Gasteiger partial charge in [0, 0.05) is 28.1 Å². The molecule has 3 aromatic carbocycles. The van der Waals surface area contributed by atoms with E-state index in [-0.39, 0.29) is 5.75 Å². The minimum Gasteiger partial charge on any atom is -0.341 e. The summed E-state index contributed by atoms with van der Waals surface area (Å²) in [6.07, 6.45) is 1.00. The molecule has 0 aromatic heterocycles. The molecule has 4 rings (SSSR count). The van der Waals surface area contributed by atoms with Gasteiger partial charge in [0.25, 0.3) is 0 Å². The second kappa shape index (κ2) is 8.62. The lowest BCUT2D eigenvalue weighted by Gasteiger charge is -2.20. The molecular weight excluding hydrogens is 464 g/mol. The highest BCUT2D eigenvalue weighted by Crippen LogP contribution is 2.34. The molecule has 1 aliphatic heterocycles. The molecule has 0 fully saturated rings. The molecule has 3 aromatic rings. The van der Waals surface area contributed by atoms with Crippen LogP contribution in [0.15, 0.2) is 77.3 Å². The molecular formula is C23H21BrN2O3S. The highest BCUT2D eigenvalue weighted by Gasteiger charge is 2.20. The van der Waals surface area contributed by atoms with E-state index in [9.17, 15) is 13.2 Å². The first-order valence-electron chi connectivity index (χ1n) is 9.60.